The molecule has 126 valence electrons. The van der Waals surface area contributed by atoms with Gasteiger partial charge >= 0.3 is 6.03 Å². The fourth-order valence-electron chi connectivity index (χ4n) is 1.98. The molecule has 1 aromatic heterocycles. The predicted molar refractivity (Wildman–Crippen MR) is 90.3 cm³/mol. The Labute approximate surface area is 140 Å². The molecule has 0 spiro atoms. The third kappa shape index (κ3) is 5.28. The number of amides is 3. The fourth-order valence-corrected chi connectivity index (χ4v) is 1.98. The number of hydrogen-bond donors (Lipinski definition) is 3. The van der Waals surface area contributed by atoms with Crippen LogP contribution in [0.25, 0.3) is 0 Å². The molecule has 0 radical (unpaired) electrons. The quantitative estimate of drug-likeness (QED) is 0.576. The van der Waals surface area contributed by atoms with Gasteiger partial charge in [0, 0.05) is 30.4 Å². The van der Waals surface area contributed by atoms with Gasteiger partial charge in [0.25, 0.3) is 5.91 Å². The summed E-state index contributed by atoms with van der Waals surface area (Å²) in [7, 11) is 0. The zero-order valence-corrected chi connectivity index (χ0v) is 13.6. The summed E-state index contributed by atoms with van der Waals surface area (Å²) in [5.41, 5.74) is 1.99. The van der Waals surface area contributed by atoms with Gasteiger partial charge in [-0.05, 0) is 31.5 Å². The Balaban J connectivity index is 1.86. The molecule has 1 heterocycles. The summed E-state index contributed by atoms with van der Waals surface area (Å²) in [6.45, 7) is 4.12. The molecule has 0 saturated carbocycles. The van der Waals surface area contributed by atoms with E-state index in [1.807, 2.05) is 26.0 Å². The highest BCUT2D eigenvalue weighted by molar-refractivity contribution is 5.93. The molecule has 7 nitrogen and oxygen atoms in total. The van der Waals surface area contributed by atoms with E-state index in [0.717, 1.165) is 5.56 Å². The largest absolute Gasteiger partial charge is 0.619 e. The van der Waals surface area contributed by atoms with Crippen molar-refractivity contribution in [2.24, 2.45) is 0 Å². The first-order chi connectivity index (χ1) is 11.4. The minimum Gasteiger partial charge on any atom is -0.619 e. The Bertz CT molecular complexity index is 697. The van der Waals surface area contributed by atoms with Crippen LogP contribution in [-0.2, 0) is 6.54 Å². The van der Waals surface area contributed by atoms with Crippen molar-refractivity contribution in [1.82, 2.24) is 10.6 Å². The van der Waals surface area contributed by atoms with Crippen LogP contribution in [0.5, 0.6) is 0 Å². The molecule has 24 heavy (non-hydrogen) atoms. The number of carbonyl (C=O) groups is 2. The molecular weight excluding hydrogens is 308 g/mol. The van der Waals surface area contributed by atoms with Gasteiger partial charge in [0.15, 0.2) is 12.4 Å². The maximum absolute atomic E-state index is 12.0. The van der Waals surface area contributed by atoms with Crippen LogP contribution in [0.15, 0.2) is 48.8 Å². The Morgan fingerprint density at radius 1 is 1.08 bits per heavy atom. The van der Waals surface area contributed by atoms with Gasteiger partial charge < -0.3 is 21.2 Å². The average molecular weight is 328 g/mol. The highest BCUT2D eigenvalue weighted by Gasteiger charge is 2.07. The first-order valence-corrected chi connectivity index (χ1v) is 7.57. The van der Waals surface area contributed by atoms with E-state index < -0.39 is 0 Å². The molecule has 0 atom stereocenters. The molecule has 2 rings (SSSR count). The third-order valence-electron chi connectivity index (χ3n) is 3.15. The molecule has 0 unspecified atom stereocenters. The number of anilines is 1. The summed E-state index contributed by atoms with van der Waals surface area (Å²) in [6, 6.07) is 9.91. The number of nitrogens with one attached hydrogen (secondary N) is 3. The number of rotatable bonds is 5. The second-order valence-electron chi connectivity index (χ2n) is 5.58. The third-order valence-corrected chi connectivity index (χ3v) is 3.15. The molecule has 0 saturated heterocycles. The van der Waals surface area contributed by atoms with E-state index in [-0.39, 0.29) is 18.0 Å². The molecule has 0 fully saturated rings. The maximum atomic E-state index is 12.0. The lowest BCUT2D eigenvalue weighted by atomic mass is 10.2. The fraction of sp³-hybridized carbons (Fsp3) is 0.235. The molecule has 2 aromatic rings. The molecule has 3 amide bonds. The summed E-state index contributed by atoms with van der Waals surface area (Å²) < 4.78 is 0.623. The van der Waals surface area contributed by atoms with Gasteiger partial charge in [-0.2, -0.15) is 4.73 Å². The minimum absolute atomic E-state index is 0.0635. The van der Waals surface area contributed by atoms with E-state index >= 15 is 0 Å². The van der Waals surface area contributed by atoms with Gasteiger partial charge in [0.2, 0.25) is 0 Å². The van der Waals surface area contributed by atoms with Crippen molar-refractivity contribution >= 4 is 17.6 Å². The van der Waals surface area contributed by atoms with E-state index in [9.17, 15) is 14.8 Å². The van der Waals surface area contributed by atoms with Crippen molar-refractivity contribution < 1.29 is 14.3 Å². The average Bonchev–Trinajstić information content (AvgIpc) is 2.54. The lowest BCUT2D eigenvalue weighted by Gasteiger charge is -2.11. The number of urea groups is 1. The highest BCUT2D eigenvalue weighted by atomic mass is 16.5. The van der Waals surface area contributed by atoms with Crippen molar-refractivity contribution in [3.63, 3.8) is 0 Å². The lowest BCUT2D eigenvalue weighted by Crippen LogP contribution is -2.34. The number of carbonyl (C=O) groups excluding carboxylic acids is 2. The zero-order chi connectivity index (χ0) is 17.5. The van der Waals surface area contributed by atoms with E-state index in [0.29, 0.717) is 22.5 Å². The van der Waals surface area contributed by atoms with Gasteiger partial charge in [0.1, 0.15) is 0 Å². The summed E-state index contributed by atoms with van der Waals surface area (Å²) >= 11 is 0. The predicted octanol–water partition coefficient (Wildman–Crippen LogP) is 1.78. The van der Waals surface area contributed by atoms with E-state index in [1.165, 1.54) is 24.5 Å². The van der Waals surface area contributed by atoms with Gasteiger partial charge in [0.05, 0.1) is 5.56 Å². The van der Waals surface area contributed by atoms with E-state index in [2.05, 4.69) is 16.0 Å². The molecule has 7 heteroatoms. The summed E-state index contributed by atoms with van der Waals surface area (Å²) in [6.07, 6.45) is 2.55. The van der Waals surface area contributed by atoms with Gasteiger partial charge in [-0.15, -0.1) is 0 Å². The summed E-state index contributed by atoms with van der Waals surface area (Å²) in [5.74, 6) is -0.255. The van der Waals surface area contributed by atoms with Crippen LogP contribution in [0.2, 0.25) is 0 Å². The van der Waals surface area contributed by atoms with Gasteiger partial charge in [-0.1, -0.05) is 12.1 Å². The van der Waals surface area contributed by atoms with Crippen molar-refractivity contribution in [1.29, 1.82) is 0 Å². The van der Waals surface area contributed by atoms with Crippen LogP contribution < -0.4 is 20.7 Å². The first-order valence-electron chi connectivity index (χ1n) is 7.57. The van der Waals surface area contributed by atoms with Crippen molar-refractivity contribution in [3.05, 3.63) is 65.1 Å². The lowest BCUT2D eigenvalue weighted by molar-refractivity contribution is -0.605. The zero-order valence-electron chi connectivity index (χ0n) is 13.6. The number of nitrogens with zero attached hydrogens (tertiary/aromatic N) is 1. The standard InChI is InChI=1S/C17H20N4O3/c1-12(2)19-17(23)20-15-5-3-13(4-6-15)11-18-16(22)14-7-9-21(24)10-8-14/h3-10,12H,11H2,1-2H3,(H,18,22)(H2,19,20,23). The second kappa shape index (κ2) is 7.96. The monoisotopic (exact) mass is 328 g/mol. The Hall–Kier alpha value is -3.09. The van der Waals surface area contributed by atoms with E-state index in [4.69, 9.17) is 0 Å². The van der Waals surface area contributed by atoms with E-state index in [1.54, 1.807) is 12.1 Å². The minimum atomic E-state index is -0.259. The number of pyridine rings is 1. The first kappa shape index (κ1) is 17.3. The highest BCUT2D eigenvalue weighted by Crippen LogP contribution is 2.09. The van der Waals surface area contributed by atoms with Crippen molar-refractivity contribution in [3.8, 4) is 0 Å². The Morgan fingerprint density at radius 2 is 1.71 bits per heavy atom. The SMILES string of the molecule is CC(C)NC(=O)Nc1ccc(CNC(=O)c2cc[n+]([O-])cc2)cc1. The van der Waals surface area contributed by atoms with Crippen LogP contribution in [0.3, 0.4) is 0 Å². The second-order valence-corrected chi connectivity index (χ2v) is 5.58. The molecule has 0 aliphatic carbocycles. The topological polar surface area (TPSA) is 97.2 Å². The number of aromatic nitrogens is 1. The summed E-state index contributed by atoms with van der Waals surface area (Å²) in [5, 5.41) is 19.2. The van der Waals surface area contributed by atoms with Gasteiger partial charge in [-0.25, -0.2) is 4.79 Å². The van der Waals surface area contributed by atoms with Gasteiger partial charge in [-0.3, -0.25) is 4.79 Å². The molecule has 1 aromatic carbocycles. The molecule has 3 N–H and O–H groups in total. The summed E-state index contributed by atoms with van der Waals surface area (Å²) in [4.78, 5) is 23.6. The number of hydrogen-bond acceptors (Lipinski definition) is 3. The number of benzene rings is 1. The Kier molecular flexibility index (Phi) is 5.73. The van der Waals surface area contributed by atoms with Crippen molar-refractivity contribution in [2.45, 2.75) is 26.4 Å². The van der Waals surface area contributed by atoms with Crippen LogP contribution in [0.1, 0.15) is 29.8 Å². The molecular formula is C17H20N4O3. The van der Waals surface area contributed by atoms with Crippen molar-refractivity contribution in [2.75, 3.05) is 5.32 Å². The molecule has 0 aliphatic heterocycles. The van der Waals surface area contributed by atoms with Crippen LogP contribution in [0.4, 0.5) is 10.5 Å². The van der Waals surface area contributed by atoms with Crippen LogP contribution in [0, 0.1) is 5.21 Å². The normalized spacial score (nSPS) is 10.3. The molecule has 0 bridgehead atoms. The van der Waals surface area contributed by atoms with Crippen LogP contribution in [-0.4, -0.2) is 18.0 Å². The maximum Gasteiger partial charge on any atom is 0.319 e. The van der Waals surface area contributed by atoms with Crippen LogP contribution >= 0.6 is 0 Å². The Morgan fingerprint density at radius 3 is 2.29 bits per heavy atom. The smallest absolute Gasteiger partial charge is 0.319 e. The molecule has 0 aliphatic rings.